The number of alkyl carbamates (subject to hydrolysis) is 1. The summed E-state index contributed by atoms with van der Waals surface area (Å²) in [6.07, 6.45) is -0.755. The number of phenolic OH excluding ortho intramolecular Hbond substituents is 1. The Morgan fingerprint density at radius 1 is 1.00 bits per heavy atom. The van der Waals surface area contributed by atoms with Gasteiger partial charge in [-0.1, -0.05) is 26.0 Å². The van der Waals surface area contributed by atoms with Crippen molar-refractivity contribution in [1.82, 2.24) is 15.5 Å². The molecule has 0 bridgehead atoms. The number of benzene rings is 1. The van der Waals surface area contributed by atoms with E-state index in [2.05, 4.69) is 15.4 Å². The smallest absolute Gasteiger partial charge is 0.408 e. The number of rotatable bonds is 8. The second-order valence-electron chi connectivity index (χ2n) is 10.5. The molecular weight excluding hydrogens is 454 g/mol. The number of hydrogen-bond donors (Lipinski definition) is 3. The van der Waals surface area contributed by atoms with Gasteiger partial charge in [-0.15, -0.1) is 0 Å². The highest BCUT2D eigenvalue weighted by Crippen LogP contribution is 2.31. The Hall–Kier alpha value is -3.30. The molecule has 1 rings (SSSR count). The Morgan fingerprint density at radius 2 is 1.54 bits per heavy atom. The summed E-state index contributed by atoms with van der Waals surface area (Å²) in [5, 5.41) is 14.9. The largest absolute Gasteiger partial charge is 0.508 e. The van der Waals surface area contributed by atoms with Gasteiger partial charge in [0.15, 0.2) is 0 Å². The maximum absolute atomic E-state index is 13.9. The van der Waals surface area contributed by atoms with Crippen molar-refractivity contribution in [1.29, 1.82) is 0 Å². The van der Waals surface area contributed by atoms with Crippen molar-refractivity contribution in [2.75, 3.05) is 13.7 Å². The number of esters is 1. The molecule has 10 nitrogen and oxygen atoms in total. The van der Waals surface area contributed by atoms with Gasteiger partial charge in [0.25, 0.3) is 0 Å². The van der Waals surface area contributed by atoms with Gasteiger partial charge in [0.2, 0.25) is 11.8 Å². The number of carbonyl (C=O) groups is 4. The van der Waals surface area contributed by atoms with Gasteiger partial charge in [0, 0.05) is 5.54 Å². The molecule has 0 saturated heterocycles. The van der Waals surface area contributed by atoms with Gasteiger partial charge in [-0.05, 0) is 65.2 Å². The number of aromatic hydroxyl groups is 1. The molecule has 0 saturated carbocycles. The van der Waals surface area contributed by atoms with E-state index in [4.69, 9.17) is 4.74 Å². The van der Waals surface area contributed by atoms with E-state index in [1.807, 2.05) is 0 Å². The molecule has 10 heteroatoms. The number of amides is 3. The Kier molecular flexibility index (Phi) is 10.1. The van der Waals surface area contributed by atoms with Crippen LogP contribution in [0, 0.1) is 5.92 Å². The Balaban J connectivity index is 3.51. The summed E-state index contributed by atoms with van der Waals surface area (Å²) in [7, 11) is 1.20. The lowest BCUT2D eigenvalue weighted by molar-refractivity contribution is -0.150. The van der Waals surface area contributed by atoms with Crippen LogP contribution >= 0.6 is 0 Å². The van der Waals surface area contributed by atoms with Crippen LogP contribution in [0.2, 0.25) is 0 Å². The van der Waals surface area contributed by atoms with E-state index in [0.29, 0.717) is 5.56 Å². The van der Waals surface area contributed by atoms with Gasteiger partial charge in [-0.3, -0.25) is 14.4 Å². The molecule has 0 radical (unpaired) electrons. The fourth-order valence-electron chi connectivity index (χ4n) is 3.35. The third kappa shape index (κ3) is 9.11. The Labute approximate surface area is 207 Å². The lowest BCUT2D eigenvalue weighted by atomic mass is 9.93. The first kappa shape index (κ1) is 29.7. The van der Waals surface area contributed by atoms with Crippen LogP contribution in [-0.2, 0) is 23.9 Å². The molecule has 1 aromatic rings. The average Bonchev–Trinajstić information content (AvgIpc) is 2.71. The molecule has 2 atom stereocenters. The molecule has 3 N–H and O–H groups in total. The van der Waals surface area contributed by atoms with E-state index >= 15 is 0 Å². The minimum absolute atomic E-state index is 0.0113. The van der Waals surface area contributed by atoms with Crippen molar-refractivity contribution in [2.45, 2.75) is 78.6 Å². The number of nitrogens with zero attached hydrogens (tertiary/aromatic N) is 1. The molecule has 2 unspecified atom stereocenters. The topological polar surface area (TPSA) is 134 Å². The monoisotopic (exact) mass is 493 g/mol. The lowest BCUT2D eigenvalue weighted by Crippen LogP contribution is -2.60. The summed E-state index contributed by atoms with van der Waals surface area (Å²) in [4.78, 5) is 52.8. The molecule has 0 aliphatic heterocycles. The van der Waals surface area contributed by atoms with Crippen molar-refractivity contribution in [3.63, 3.8) is 0 Å². The van der Waals surface area contributed by atoms with E-state index in [1.54, 1.807) is 55.4 Å². The predicted octanol–water partition coefficient (Wildman–Crippen LogP) is 2.90. The maximum Gasteiger partial charge on any atom is 0.408 e. The fourth-order valence-corrected chi connectivity index (χ4v) is 3.35. The molecule has 0 heterocycles. The maximum atomic E-state index is 13.9. The molecular formula is C25H39N3O7. The first-order valence-electron chi connectivity index (χ1n) is 11.4. The van der Waals surface area contributed by atoms with Crippen LogP contribution < -0.4 is 10.6 Å². The fraction of sp³-hybridized carbons (Fsp3) is 0.600. The molecule has 35 heavy (non-hydrogen) atoms. The first-order valence-corrected chi connectivity index (χ1v) is 11.4. The van der Waals surface area contributed by atoms with E-state index in [1.165, 1.54) is 36.3 Å². The second-order valence-corrected chi connectivity index (χ2v) is 10.5. The van der Waals surface area contributed by atoms with E-state index in [0.717, 1.165) is 0 Å². The van der Waals surface area contributed by atoms with Crippen LogP contribution in [0.4, 0.5) is 4.79 Å². The molecule has 3 amide bonds. The first-order chi connectivity index (χ1) is 16.0. The van der Waals surface area contributed by atoms with Crippen molar-refractivity contribution >= 4 is 23.9 Å². The molecule has 0 aromatic heterocycles. The summed E-state index contributed by atoms with van der Waals surface area (Å²) in [5.41, 5.74) is -1.24. The average molecular weight is 494 g/mol. The highest BCUT2D eigenvalue weighted by molar-refractivity contribution is 5.93. The summed E-state index contributed by atoms with van der Waals surface area (Å²) < 4.78 is 9.94. The summed E-state index contributed by atoms with van der Waals surface area (Å²) >= 11 is 0. The van der Waals surface area contributed by atoms with Gasteiger partial charge >= 0.3 is 12.1 Å². The standard InChI is InChI=1S/C25H39N3O7/c1-15(2)19(27-23(33)35-25(6,7)8)22(32)28(24(3,4)5)20(16-10-12-17(29)13-11-16)21(31)26-14-18(30)34-9/h10-13,15,19-20,29H,14H2,1-9H3,(H,26,31)(H,27,33). The van der Waals surface area contributed by atoms with Crippen molar-refractivity contribution in [3.8, 4) is 5.75 Å². The molecule has 0 fully saturated rings. The van der Waals surface area contributed by atoms with Crippen LogP contribution in [0.15, 0.2) is 24.3 Å². The number of phenols is 1. The minimum Gasteiger partial charge on any atom is -0.508 e. The van der Waals surface area contributed by atoms with Crippen LogP contribution in [0.5, 0.6) is 5.75 Å². The molecule has 196 valence electrons. The lowest BCUT2D eigenvalue weighted by Gasteiger charge is -2.43. The highest BCUT2D eigenvalue weighted by atomic mass is 16.6. The quantitative estimate of drug-likeness (QED) is 0.474. The Bertz CT molecular complexity index is 899. The second kappa shape index (κ2) is 11.9. The van der Waals surface area contributed by atoms with Gasteiger partial charge in [-0.25, -0.2) is 4.79 Å². The zero-order valence-corrected chi connectivity index (χ0v) is 22.1. The van der Waals surface area contributed by atoms with Gasteiger partial charge < -0.3 is 30.1 Å². The molecule has 0 aliphatic carbocycles. The van der Waals surface area contributed by atoms with Crippen molar-refractivity contribution in [2.24, 2.45) is 5.92 Å². The normalized spacial score (nSPS) is 13.4. The predicted molar refractivity (Wildman–Crippen MR) is 130 cm³/mol. The SMILES string of the molecule is COC(=O)CNC(=O)C(c1ccc(O)cc1)N(C(=O)C(NC(=O)OC(C)(C)C)C(C)C)C(C)(C)C. The van der Waals surface area contributed by atoms with E-state index in [-0.39, 0.29) is 18.2 Å². The third-order valence-electron chi connectivity index (χ3n) is 4.92. The molecule has 1 aromatic carbocycles. The van der Waals surface area contributed by atoms with Gasteiger partial charge in [0.05, 0.1) is 7.11 Å². The summed E-state index contributed by atoms with van der Waals surface area (Å²) in [5.74, 6) is -2.13. The van der Waals surface area contributed by atoms with Crippen molar-refractivity contribution in [3.05, 3.63) is 29.8 Å². The molecule has 0 spiro atoms. The number of hydrogen-bond acceptors (Lipinski definition) is 7. The van der Waals surface area contributed by atoms with Crippen LogP contribution in [-0.4, -0.2) is 64.7 Å². The van der Waals surface area contributed by atoms with E-state index < -0.39 is 47.1 Å². The van der Waals surface area contributed by atoms with Crippen LogP contribution in [0.1, 0.15) is 67.0 Å². The zero-order chi connectivity index (χ0) is 27.1. The zero-order valence-electron chi connectivity index (χ0n) is 22.1. The van der Waals surface area contributed by atoms with Crippen LogP contribution in [0.3, 0.4) is 0 Å². The summed E-state index contributed by atoms with van der Waals surface area (Å²) in [6, 6.07) is 3.68. The highest BCUT2D eigenvalue weighted by Gasteiger charge is 2.42. The van der Waals surface area contributed by atoms with Crippen molar-refractivity contribution < 1.29 is 33.8 Å². The van der Waals surface area contributed by atoms with Crippen LogP contribution in [0.25, 0.3) is 0 Å². The third-order valence-corrected chi connectivity index (χ3v) is 4.92. The van der Waals surface area contributed by atoms with Gasteiger partial charge in [0.1, 0.15) is 30.0 Å². The Morgan fingerprint density at radius 3 is 1.97 bits per heavy atom. The molecule has 0 aliphatic rings. The number of nitrogens with one attached hydrogen (secondary N) is 2. The number of methoxy groups -OCH3 is 1. The number of carbonyl (C=O) groups excluding carboxylic acids is 4. The van der Waals surface area contributed by atoms with Gasteiger partial charge in [-0.2, -0.15) is 0 Å². The summed E-state index contributed by atoms with van der Waals surface area (Å²) in [6.45, 7) is 13.6. The minimum atomic E-state index is -1.17. The van der Waals surface area contributed by atoms with E-state index in [9.17, 15) is 24.3 Å². The number of ether oxygens (including phenoxy) is 2.